The summed E-state index contributed by atoms with van der Waals surface area (Å²) in [7, 11) is 1.53. The zero-order chi connectivity index (χ0) is 19.3. The monoisotopic (exact) mass is 372 g/mol. The number of hydrogen-bond acceptors (Lipinski definition) is 5. The first-order valence-corrected chi connectivity index (χ1v) is 8.68. The molecular weight excluding hydrogens is 348 g/mol. The van der Waals surface area contributed by atoms with Crippen LogP contribution in [-0.2, 0) is 14.3 Å². The van der Waals surface area contributed by atoms with E-state index >= 15 is 0 Å². The number of nitrogens with one attached hydrogen (secondary N) is 2. The maximum Gasteiger partial charge on any atom is 0.411 e. The highest BCUT2D eigenvalue weighted by Gasteiger charge is 2.06. The molecule has 0 heterocycles. The molecule has 0 unspecified atom stereocenters. The standard InChI is InChI=1S/C20H24N2O5/c1-25-13-14-27-20(24)22-17-8-5-7-16(15-17)21-19(23)11-6-12-26-18-9-3-2-4-10-18/h2-5,7-10,15H,6,11-14H2,1H3,(H,21,23)(H,22,24). The van der Waals surface area contributed by atoms with Crippen LogP contribution in [0, 0.1) is 0 Å². The molecule has 0 radical (unpaired) electrons. The molecule has 7 heteroatoms. The van der Waals surface area contributed by atoms with Gasteiger partial charge in [-0.05, 0) is 36.8 Å². The predicted molar refractivity (Wildman–Crippen MR) is 103 cm³/mol. The highest BCUT2D eigenvalue weighted by Crippen LogP contribution is 2.16. The van der Waals surface area contributed by atoms with E-state index < -0.39 is 6.09 Å². The summed E-state index contributed by atoms with van der Waals surface area (Å²) < 4.78 is 15.3. The number of rotatable bonds is 10. The molecule has 2 N–H and O–H groups in total. The number of para-hydroxylation sites is 1. The van der Waals surface area contributed by atoms with Gasteiger partial charge in [0, 0.05) is 24.9 Å². The lowest BCUT2D eigenvalue weighted by molar-refractivity contribution is -0.116. The Morgan fingerprint density at radius 1 is 0.889 bits per heavy atom. The Morgan fingerprint density at radius 2 is 1.63 bits per heavy atom. The van der Waals surface area contributed by atoms with Crippen LogP contribution in [-0.4, -0.2) is 38.9 Å². The summed E-state index contributed by atoms with van der Waals surface area (Å²) in [6.45, 7) is 0.966. The van der Waals surface area contributed by atoms with E-state index in [1.54, 1.807) is 24.3 Å². The van der Waals surface area contributed by atoms with E-state index in [0.29, 0.717) is 37.4 Å². The molecule has 2 aromatic carbocycles. The van der Waals surface area contributed by atoms with Crippen LogP contribution in [0.15, 0.2) is 54.6 Å². The molecule has 0 spiro atoms. The van der Waals surface area contributed by atoms with Crippen molar-refractivity contribution in [1.29, 1.82) is 0 Å². The van der Waals surface area contributed by atoms with Crippen molar-refractivity contribution < 1.29 is 23.8 Å². The van der Waals surface area contributed by atoms with Gasteiger partial charge in [-0.3, -0.25) is 10.1 Å². The normalized spacial score (nSPS) is 10.1. The third kappa shape index (κ3) is 8.24. The van der Waals surface area contributed by atoms with Gasteiger partial charge in [0.25, 0.3) is 0 Å². The van der Waals surface area contributed by atoms with Gasteiger partial charge in [0.05, 0.1) is 13.2 Å². The van der Waals surface area contributed by atoms with Gasteiger partial charge >= 0.3 is 6.09 Å². The number of carbonyl (C=O) groups excluding carboxylic acids is 2. The van der Waals surface area contributed by atoms with Crippen LogP contribution in [0.2, 0.25) is 0 Å². The number of ether oxygens (including phenoxy) is 3. The summed E-state index contributed by atoms with van der Waals surface area (Å²) in [6.07, 6.45) is 0.363. The highest BCUT2D eigenvalue weighted by atomic mass is 16.6. The van der Waals surface area contributed by atoms with E-state index in [9.17, 15) is 9.59 Å². The van der Waals surface area contributed by atoms with Crippen LogP contribution in [0.3, 0.4) is 0 Å². The Kier molecular flexibility index (Phi) is 8.65. The molecule has 2 aromatic rings. The van der Waals surface area contributed by atoms with Crippen molar-refractivity contribution in [3.63, 3.8) is 0 Å². The third-order valence-electron chi connectivity index (χ3n) is 3.47. The van der Waals surface area contributed by atoms with Gasteiger partial charge < -0.3 is 19.5 Å². The van der Waals surface area contributed by atoms with Crippen molar-refractivity contribution in [1.82, 2.24) is 0 Å². The molecule has 0 aliphatic rings. The van der Waals surface area contributed by atoms with E-state index in [4.69, 9.17) is 14.2 Å². The fourth-order valence-electron chi connectivity index (χ4n) is 2.21. The van der Waals surface area contributed by atoms with Crippen LogP contribution >= 0.6 is 0 Å². The van der Waals surface area contributed by atoms with Crippen molar-refractivity contribution in [2.75, 3.05) is 37.6 Å². The van der Waals surface area contributed by atoms with Crippen LogP contribution in [0.4, 0.5) is 16.2 Å². The fourth-order valence-corrected chi connectivity index (χ4v) is 2.21. The maximum absolute atomic E-state index is 12.0. The molecule has 0 saturated heterocycles. The van der Waals surface area contributed by atoms with E-state index in [1.807, 2.05) is 30.3 Å². The summed E-state index contributed by atoms with van der Waals surface area (Å²) in [5.41, 5.74) is 1.13. The van der Waals surface area contributed by atoms with E-state index in [-0.39, 0.29) is 12.5 Å². The van der Waals surface area contributed by atoms with Crippen LogP contribution in [0.1, 0.15) is 12.8 Å². The smallest absolute Gasteiger partial charge is 0.411 e. The van der Waals surface area contributed by atoms with Gasteiger partial charge in [0.1, 0.15) is 12.4 Å². The van der Waals surface area contributed by atoms with Crippen molar-refractivity contribution >= 4 is 23.4 Å². The Labute approximate surface area is 158 Å². The number of anilines is 2. The van der Waals surface area contributed by atoms with Gasteiger partial charge in [0.15, 0.2) is 0 Å². The Hall–Kier alpha value is -3.06. The molecule has 0 bridgehead atoms. The summed E-state index contributed by atoms with van der Waals surface area (Å²) in [5, 5.41) is 5.40. The Balaban J connectivity index is 1.71. The first kappa shape index (κ1) is 20.3. The van der Waals surface area contributed by atoms with Crippen molar-refractivity contribution in [3.8, 4) is 5.75 Å². The van der Waals surface area contributed by atoms with Crippen LogP contribution in [0.25, 0.3) is 0 Å². The summed E-state index contributed by atoms with van der Waals surface area (Å²) in [5.74, 6) is 0.667. The Bertz CT molecular complexity index is 721. The molecule has 0 aliphatic carbocycles. The first-order valence-electron chi connectivity index (χ1n) is 8.68. The summed E-state index contributed by atoms with van der Waals surface area (Å²) >= 11 is 0. The summed E-state index contributed by atoms with van der Waals surface area (Å²) in [6, 6.07) is 16.3. The van der Waals surface area contributed by atoms with Crippen LogP contribution in [0.5, 0.6) is 5.75 Å². The van der Waals surface area contributed by atoms with E-state index in [0.717, 1.165) is 5.75 Å². The summed E-state index contributed by atoms with van der Waals surface area (Å²) in [4.78, 5) is 23.7. The zero-order valence-corrected chi connectivity index (χ0v) is 15.3. The number of amides is 2. The molecule has 2 amide bonds. The zero-order valence-electron chi connectivity index (χ0n) is 15.3. The minimum absolute atomic E-state index is 0.119. The van der Waals surface area contributed by atoms with E-state index in [1.165, 1.54) is 7.11 Å². The first-order chi connectivity index (χ1) is 13.2. The maximum atomic E-state index is 12.0. The fraction of sp³-hybridized carbons (Fsp3) is 0.300. The number of carbonyl (C=O) groups is 2. The second-order valence-electron chi connectivity index (χ2n) is 5.65. The van der Waals surface area contributed by atoms with Crippen molar-refractivity contribution in [3.05, 3.63) is 54.6 Å². The molecule has 27 heavy (non-hydrogen) atoms. The lowest BCUT2D eigenvalue weighted by atomic mass is 10.2. The van der Waals surface area contributed by atoms with Gasteiger partial charge in [-0.1, -0.05) is 24.3 Å². The molecule has 144 valence electrons. The number of methoxy groups -OCH3 is 1. The second kappa shape index (κ2) is 11.5. The molecule has 2 rings (SSSR count). The van der Waals surface area contributed by atoms with E-state index in [2.05, 4.69) is 10.6 Å². The number of hydrogen-bond donors (Lipinski definition) is 2. The minimum atomic E-state index is -0.575. The lowest BCUT2D eigenvalue weighted by Crippen LogP contribution is -2.17. The molecule has 0 saturated carbocycles. The average Bonchev–Trinajstić information content (AvgIpc) is 2.66. The Morgan fingerprint density at radius 3 is 2.37 bits per heavy atom. The molecule has 0 fully saturated rings. The van der Waals surface area contributed by atoms with Gasteiger partial charge in [-0.15, -0.1) is 0 Å². The second-order valence-corrected chi connectivity index (χ2v) is 5.65. The number of benzene rings is 2. The molecular formula is C20H24N2O5. The van der Waals surface area contributed by atoms with Gasteiger partial charge in [0.2, 0.25) is 5.91 Å². The quantitative estimate of drug-likeness (QED) is 0.622. The highest BCUT2D eigenvalue weighted by molar-refractivity contribution is 5.92. The van der Waals surface area contributed by atoms with Crippen molar-refractivity contribution in [2.45, 2.75) is 12.8 Å². The molecule has 0 atom stereocenters. The molecule has 7 nitrogen and oxygen atoms in total. The molecule has 0 aliphatic heterocycles. The SMILES string of the molecule is COCCOC(=O)Nc1cccc(NC(=O)CCCOc2ccccc2)c1. The minimum Gasteiger partial charge on any atom is -0.494 e. The van der Waals surface area contributed by atoms with Gasteiger partial charge in [-0.2, -0.15) is 0 Å². The average molecular weight is 372 g/mol. The largest absolute Gasteiger partial charge is 0.494 e. The van der Waals surface area contributed by atoms with Gasteiger partial charge in [-0.25, -0.2) is 4.79 Å². The van der Waals surface area contributed by atoms with Crippen molar-refractivity contribution in [2.24, 2.45) is 0 Å². The lowest BCUT2D eigenvalue weighted by Gasteiger charge is -2.10. The third-order valence-corrected chi connectivity index (χ3v) is 3.47. The topological polar surface area (TPSA) is 85.9 Å². The van der Waals surface area contributed by atoms with Crippen LogP contribution < -0.4 is 15.4 Å². The predicted octanol–water partition coefficient (Wildman–Crippen LogP) is 3.68. The molecule has 0 aromatic heterocycles.